The minimum atomic E-state index is 0.183. The first-order valence-corrected chi connectivity index (χ1v) is 7.77. The fourth-order valence-electron chi connectivity index (χ4n) is 2.55. The van der Waals surface area contributed by atoms with Crippen LogP contribution in [-0.4, -0.2) is 15.4 Å². The highest BCUT2D eigenvalue weighted by atomic mass is 32.1. The number of aromatic nitrogens is 3. The molecule has 0 radical (unpaired) electrons. The molecule has 21 heavy (non-hydrogen) atoms. The molecule has 3 aromatic heterocycles. The number of thiophene rings is 1. The zero-order valence-corrected chi connectivity index (χ0v) is 13.1. The van der Waals surface area contributed by atoms with E-state index in [2.05, 4.69) is 39.0 Å². The Kier molecular flexibility index (Phi) is 3.90. The van der Waals surface area contributed by atoms with Crippen LogP contribution in [0.25, 0.3) is 10.6 Å². The highest BCUT2D eigenvalue weighted by Gasteiger charge is 2.17. The van der Waals surface area contributed by atoms with Crippen molar-refractivity contribution >= 4 is 11.3 Å². The fraction of sp³-hybridized carbons (Fsp3) is 0.333. The Morgan fingerprint density at radius 3 is 2.95 bits per heavy atom. The molecule has 0 aliphatic heterocycles. The number of aryl methyl sites for hydroxylation is 2. The fourth-order valence-corrected chi connectivity index (χ4v) is 3.31. The molecule has 2 N–H and O–H groups in total. The summed E-state index contributed by atoms with van der Waals surface area (Å²) in [5.74, 6) is 0.873. The Morgan fingerprint density at radius 2 is 2.29 bits per heavy atom. The topological polar surface area (TPSA) is 66.7 Å². The van der Waals surface area contributed by atoms with Gasteiger partial charge in [0.25, 0.3) is 0 Å². The van der Waals surface area contributed by atoms with Gasteiger partial charge in [0.05, 0.1) is 22.5 Å². The average molecular weight is 302 g/mol. The maximum absolute atomic E-state index is 5.23. The number of nitrogens with one attached hydrogen (secondary N) is 2. The van der Waals surface area contributed by atoms with Gasteiger partial charge in [-0.25, -0.2) is 0 Å². The third-order valence-electron chi connectivity index (χ3n) is 3.61. The maximum Gasteiger partial charge on any atom is 0.138 e. The van der Waals surface area contributed by atoms with Crippen LogP contribution in [0.15, 0.2) is 28.2 Å². The van der Waals surface area contributed by atoms with Crippen LogP contribution < -0.4 is 5.32 Å². The zero-order chi connectivity index (χ0) is 14.8. The second-order valence-electron chi connectivity index (χ2n) is 5.09. The van der Waals surface area contributed by atoms with Crippen LogP contribution in [0.4, 0.5) is 0 Å². The number of hydrogen-bond acceptors (Lipinski definition) is 5. The Labute approximate surface area is 127 Å². The van der Waals surface area contributed by atoms with Gasteiger partial charge in [0.2, 0.25) is 0 Å². The summed E-state index contributed by atoms with van der Waals surface area (Å²) < 4.78 is 5.23. The minimum Gasteiger partial charge on any atom is -0.361 e. The van der Waals surface area contributed by atoms with Crippen LogP contribution in [0.5, 0.6) is 0 Å². The van der Waals surface area contributed by atoms with Crippen LogP contribution in [-0.2, 0) is 6.54 Å². The number of H-pyrrole nitrogens is 1. The molecule has 0 aromatic carbocycles. The van der Waals surface area contributed by atoms with Crippen LogP contribution in [0, 0.1) is 13.8 Å². The molecule has 0 aliphatic rings. The van der Waals surface area contributed by atoms with Gasteiger partial charge in [-0.05, 0) is 32.2 Å². The largest absolute Gasteiger partial charge is 0.361 e. The number of aromatic amines is 1. The number of rotatable bonds is 5. The summed E-state index contributed by atoms with van der Waals surface area (Å²) in [6, 6.07) is 4.33. The van der Waals surface area contributed by atoms with Gasteiger partial charge in [-0.1, -0.05) is 11.2 Å². The Bertz CT molecular complexity index is 694. The minimum absolute atomic E-state index is 0.183. The first-order chi connectivity index (χ1) is 10.2. The smallest absolute Gasteiger partial charge is 0.138 e. The lowest BCUT2D eigenvalue weighted by Crippen LogP contribution is -2.19. The first-order valence-electron chi connectivity index (χ1n) is 6.89. The van der Waals surface area contributed by atoms with E-state index in [9.17, 15) is 0 Å². The van der Waals surface area contributed by atoms with Gasteiger partial charge < -0.3 is 9.84 Å². The second kappa shape index (κ2) is 5.83. The number of hydrogen-bond donors (Lipinski definition) is 2. The quantitative estimate of drug-likeness (QED) is 0.756. The average Bonchev–Trinajstić information content (AvgIpc) is 3.17. The molecule has 3 heterocycles. The predicted molar refractivity (Wildman–Crippen MR) is 83.1 cm³/mol. The monoisotopic (exact) mass is 302 g/mol. The molecule has 5 nitrogen and oxygen atoms in total. The SMILES string of the molecule is Cc1noc(C)c1C(C)NCc1cn[nH]c1-c1cccs1. The van der Waals surface area contributed by atoms with Crippen molar-refractivity contribution in [1.82, 2.24) is 20.7 Å². The molecule has 0 bridgehead atoms. The van der Waals surface area contributed by atoms with Gasteiger partial charge in [0.15, 0.2) is 0 Å². The van der Waals surface area contributed by atoms with Gasteiger partial charge >= 0.3 is 0 Å². The van der Waals surface area contributed by atoms with Gasteiger partial charge in [-0.3, -0.25) is 5.10 Å². The van der Waals surface area contributed by atoms with E-state index in [0.29, 0.717) is 0 Å². The molecule has 0 aliphatic carbocycles. The molecule has 1 unspecified atom stereocenters. The molecule has 0 saturated heterocycles. The van der Waals surface area contributed by atoms with E-state index >= 15 is 0 Å². The Morgan fingerprint density at radius 1 is 1.43 bits per heavy atom. The van der Waals surface area contributed by atoms with Crippen molar-refractivity contribution in [2.75, 3.05) is 0 Å². The van der Waals surface area contributed by atoms with E-state index in [1.165, 1.54) is 4.88 Å². The molecule has 6 heteroatoms. The van der Waals surface area contributed by atoms with Gasteiger partial charge in [-0.2, -0.15) is 5.10 Å². The summed E-state index contributed by atoms with van der Waals surface area (Å²) in [6.07, 6.45) is 1.88. The standard InChI is InChI=1S/C15H18N4OS/c1-9(14-10(2)19-20-11(14)3)16-7-12-8-17-18-15(12)13-5-4-6-21-13/h4-6,8-9,16H,7H2,1-3H3,(H,17,18). The van der Waals surface area contributed by atoms with Crippen molar-refractivity contribution < 1.29 is 4.52 Å². The Hall–Kier alpha value is -1.92. The van der Waals surface area contributed by atoms with Crippen LogP contribution in [0.2, 0.25) is 0 Å². The van der Waals surface area contributed by atoms with E-state index < -0.39 is 0 Å². The lowest BCUT2D eigenvalue weighted by Gasteiger charge is -2.13. The normalized spacial score (nSPS) is 12.7. The van der Waals surface area contributed by atoms with Crippen LogP contribution in [0.1, 0.15) is 35.5 Å². The molecular weight excluding hydrogens is 284 g/mol. The highest BCUT2D eigenvalue weighted by Crippen LogP contribution is 2.27. The molecule has 0 fully saturated rings. The van der Waals surface area contributed by atoms with Crippen molar-refractivity contribution in [2.45, 2.75) is 33.4 Å². The molecule has 3 rings (SSSR count). The van der Waals surface area contributed by atoms with E-state index in [4.69, 9.17) is 4.52 Å². The van der Waals surface area contributed by atoms with E-state index in [0.717, 1.165) is 34.8 Å². The molecule has 0 saturated carbocycles. The third kappa shape index (κ3) is 2.77. The molecule has 110 valence electrons. The Balaban J connectivity index is 1.73. The second-order valence-corrected chi connectivity index (χ2v) is 6.04. The summed E-state index contributed by atoms with van der Waals surface area (Å²) in [6.45, 7) is 6.79. The summed E-state index contributed by atoms with van der Waals surface area (Å²) in [7, 11) is 0. The zero-order valence-electron chi connectivity index (χ0n) is 12.3. The van der Waals surface area contributed by atoms with Gasteiger partial charge in [0.1, 0.15) is 5.76 Å². The highest BCUT2D eigenvalue weighted by molar-refractivity contribution is 7.13. The molecule has 0 spiro atoms. The van der Waals surface area contributed by atoms with Crippen LogP contribution in [0.3, 0.4) is 0 Å². The predicted octanol–water partition coefficient (Wildman–Crippen LogP) is 3.59. The van der Waals surface area contributed by atoms with Gasteiger partial charge in [-0.15, -0.1) is 11.3 Å². The first kappa shape index (κ1) is 14.0. The lowest BCUT2D eigenvalue weighted by molar-refractivity contribution is 0.390. The maximum atomic E-state index is 5.23. The van der Waals surface area contributed by atoms with Crippen LogP contribution >= 0.6 is 11.3 Å². The van der Waals surface area contributed by atoms with E-state index in [1.54, 1.807) is 11.3 Å². The number of nitrogens with zero attached hydrogens (tertiary/aromatic N) is 2. The van der Waals surface area contributed by atoms with E-state index in [1.807, 2.05) is 26.1 Å². The van der Waals surface area contributed by atoms with E-state index in [-0.39, 0.29) is 6.04 Å². The third-order valence-corrected chi connectivity index (χ3v) is 4.49. The van der Waals surface area contributed by atoms with Crippen molar-refractivity contribution in [1.29, 1.82) is 0 Å². The lowest BCUT2D eigenvalue weighted by atomic mass is 10.1. The van der Waals surface area contributed by atoms with Crippen molar-refractivity contribution in [3.05, 3.63) is 46.3 Å². The molecule has 1 atom stereocenters. The van der Waals surface area contributed by atoms with Gasteiger partial charge in [0, 0.05) is 23.7 Å². The summed E-state index contributed by atoms with van der Waals surface area (Å²) in [4.78, 5) is 1.20. The summed E-state index contributed by atoms with van der Waals surface area (Å²) >= 11 is 1.71. The molecule has 0 amide bonds. The van der Waals surface area contributed by atoms with Crippen molar-refractivity contribution in [3.63, 3.8) is 0 Å². The summed E-state index contributed by atoms with van der Waals surface area (Å²) in [5.41, 5.74) is 4.33. The molecule has 3 aromatic rings. The van der Waals surface area contributed by atoms with Crippen molar-refractivity contribution in [3.8, 4) is 10.6 Å². The molecular formula is C15H18N4OS. The van der Waals surface area contributed by atoms with Crippen molar-refractivity contribution in [2.24, 2.45) is 0 Å². The summed E-state index contributed by atoms with van der Waals surface area (Å²) in [5, 5.41) is 16.8.